The number of fused-ring (bicyclic) bond motifs is 1. The molecule has 2 saturated heterocycles. The lowest BCUT2D eigenvalue weighted by Gasteiger charge is -2.31. The Labute approximate surface area is 111 Å². The van der Waals surface area contributed by atoms with Crippen LogP contribution in [0.5, 0.6) is 0 Å². The molecule has 2 atom stereocenters. The van der Waals surface area contributed by atoms with E-state index in [1.807, 2.05) is 0 Å². The Bertz CT molecular complexity index is 355. The number of methoxy groups -OCH3 is 2. The predicted octanol–water partition coefficient (Wildman–Crippen LogP) is -0.521. The van der Waals surface area contributed by atoms with Gasteiger partial charge in [0.05, 0.1) is 14.2 Å². The van der Waals surface area contributed by atoms with Crippen molar-refractivity contribution in [1.29, 1.82) is 0 Å². The lowest BCUT2D eigenvalue weighted by Crippen LogP contribution is -2.48. The van der Waals surface area contributed by atoms with Gasteiger partial charge in [0.2, 0.25) is 0 Å². The fraction of sp³-hybridized carbons (Fsp3) is 0.833. The molecule has 0 aromatic heterocycles. The molecule has 0 amide bonds. The number of piperidine rings is 1. The van der Waals surface area contributed by atoms with E-state index in [4.69, 9.17) is 4.84 Å². The van der Waals surface area contributed by atoms with Crippen molar-refractivity contribution in [3.63, 3.8) is 0 Å². The number of carbonyl (C=O) groups is 2. The number of hydrogen-bond donors (Lipinski definition) is 1. The van der Waals surface area contributed by atoms with Crippen molar-refractivity contribution >= 4 is 11.9 Å². The van der Waals surface area contributed by atoms with E-state index in [0.29, 0.717) is 13.0 Å². The second-order valence-corrected chi connectivity index (χ2v) is 4.97. The number of ether oxygens (including phenoxy) is 2. The molecule has 2 fully saturated rings. The first-order chi connectivity index (χ1) is 9.07. The molecule has 7 heteroatoms. The summed E-state index contributed by atoms with van der Waals surface area (Å²) in [5, 5.41) is 10.8. The van der Waals surface area contributed by atoms with Crippen LogP contribution in [0, 0.1) is 5.92 Å². The van der Waals surface area contributed by atoms with Gasteiger partial charge in [0.1, 0.15) is 0 Å². The van der Waals surface area contributed by atoms with Gasteiger partial charge in [-0.1, -0.05) is 0 Å². The van der Waals surface area contributed by atoms with Crippen LogP contribution in [0.15, 0.2) is 0 Å². The number of hydrogen-bond acceptors (Lipinski definition) is 7. The first kappa shape index (κ1) is 14.2. The Morgan fingerprint density at radius 1 is 1.37 bits per heavy atom. The number of carbonyl (C=O) groups excluding carboxylic acids is 2. The standard InChI is InChI=1S/C12H19NO6/c1-17-10(15)12(11(16)18-2)6-9-5-8(7-14)3-4-13(9)19-12/h8-9,14H,3-7H2,1-2H3/t8-,9-/m1/s1. The van der Waals surface area contributed by atoms with Crippen LogP contribution in [0.3, 0.4) is 0 Å². The summed E-state index contributed by atoms with van der Waals surface area (Å²) < 4.78 is 9.36. The van der Waals surface area contributed by atoms with Crippen LogP contribution >= 0.6 is 0 Å². The highest BCUT2D eigenvalue weighted by molar-refractivity contribution is 6.03. The SMILES string of the molecule is COC(=O)C1(C(=O)OC)C[C@H]2C[C@H](CO)CCN2O1. The summed E-state index contributed by atoms with van der Waals surface area (Å²) >= 11 is 0. The Morgan fingerprint density at radius 3 is 2.53 bits per heavy atom. The molecule has 0 spiro atoms. The fourth-order valence-corrected chi connectivity index (χ4v) is 2.81. The van der Waals surface area contributed by atoms with Crippen LogP contribution in [0.4, 0.5) is 0 Å². The molecule has 2 aliphatic heterocycles. The van der Waals surface area contributed by atoms with Gasteiger partial charge < -0.3 is 14.6 Å². The predicted molar refractivity (Wildman–Crippen MR) is 62.8 cm³/mol. The average Bonchev–Trinajstić information content (AvgIpc) is 2.84. The van der Waals surface area contributed by atoms with Crippen molar-refractivity contribution in [1.82, 2.24) is 5.06 Å². The lowest BCUT2D eigenvalue weighted by atomic mass is 9.87. The molecule has 0 unspecified atom stereocenters. The van der Waals surface area contributed by atoms with E-state index in [1.165, 1.54) is 14.2 Å². The summed E-state index contributed by atoms with van der Waals surface area (Å²) in [7, 11) is 2.43. The van der Waals surface area contributed by atoms with Crippen molar-refractivity contribution in [3.8, 4) is 0 Å². The van der Waals surface area contributed by atoms with Gasteiger partial charge in [0.25, 0.3) is 5.60 Å². The van der Waals surface area contributed by atoms with Crippen molar-refractivity contribution in [2.75, 3.05) is 27.4 Å². The quantitative estimate of drug-likeness (QED) is 0.547. The van der Waals surface area contributed by atoms with Crippen LogP contribution in [0.25, 0.3) is 0 Å². The van der Waals surface area contributed by atoms with Crippen molar-refractivity contribution in [2.45, 2.75) is 30.9 Å². The zero-order valence-electron chi connectivity index (χ0n) is 11.1. The van der Waals surface area contributed by atoms with Crippen LogP contribution in [-0.4, -0.2) is 61.1 Å². The Hall–Kier alpha value is -1.18. The maximum atomic E-state index is 11.9. The number of nitrogens with zero attached hydrogens (tertiary/aromatic N) is 1. The third kappa shape index (κ3) is 2.33. The zero-order chi connectivity index (χ0) is 14.0. The van der Waals surface area contributed by atoms with Crippen LogP contribution in [-0.2, 0) is 23.9 Å². The maximum absolute atomic E-state index is 11.9. The second-order valence-electron chi connectivity index (χ2n) is 4.97. The van der Waals surface area contributed by atoms with Crippen molar-refractivity contribution < 1.29 is 29.0 Å². The largest absolute Gasteiger partial charge is 0.466 e. The van der Waals surface area contributed by atoms with Gasteiger partial charge in [-0.15, -0.1) is 0 Å². The highest BCUT2D eigenvalue weighted by Crippen LogP contribution is 2.39. The second kappa shape index (κ2) is 5.44. The number of aliphatic hydroxyl groups is 1. The molecule has 19 heavy (non-hydrogen) atoms. The van der Waals surface area contributed by atoms with Gasteiger partial charge in [-0.2, -0.15) is 5.06 Å². The Kier molecular flexibility index (Phi) is 4.07. The van der Waals surface area contributed by atoms with Gasteiger partial charge >= 0.3 is 11.9 Å². The molecule has 108 valence electrons. The highest BCUT2D eigenvalue weighted by atomic mass is 16.7. The summed E-state index contributed by atoms with van der Waals surface area (Å²) in [5.41, 5.74) is -1.70. The number of hydroxylamine groups is 2. The van der Waals surface area contributed by atoms with Gasteiger partial charge in [-0.25, -0.2) is 9.59 Å². The summed E-state index contributed by atoms with van der Waals surface area (Å²) in [6, 6.07) is -0.0795. The molecule has 0 aromatic carbocycles. The van der Waals surface area contributed by atoms with Crippen molar-refractivity contribution in [3.05, 3.63) is 0 Å². The molecule has 0 bridgehead atoms. The molecule has 2 heterocycles. The minimum absolute atomic E-state index is 0.0795. The first-order valence-corrected chi connectivity index (χ1v) is 6.31. The molecule has 1 N–H and O–H groups in total. The van der Waals surface area contributed by atoms with E-state index < -0.39 is 17.5 Å². The molecule has 0 aliphatic carbocycles. The molecule has 2 aliphatic rings. The number of aliphatic hydroxyl groups excluding tert-OH is 1. The smallest absolute Gasteiger partial charge is 0.352 e. The number of rotatable bonds is 3. The molecule has 7 nitrogen and oxygen atoms in total. The fourth-order valence-electron chi connectivity index (χ4n) is 2.81. The van der Waals surface area contributed by atoms with E-state index in [2.05, 4.69) is 9.47 Å². The van der Waals surface area contributed by atoms with Crippen LogP contribution in [0.2, 0.25) is 0 Å². The van der Waals surface area contributed by atoms with Gasteiger partial charge in [0, 0.05) is 25.6 Å². The van der Waals surface area contributed by atoms with Gasteiger partial charge in [-0.05, 0) is 18.8 Å². The zero-order valence-corrected chi connectivity index (χ0v) is 11.1. The Balaban J connectivity index is 2.20. The summed E-state index contributed by atoms with van der Waals surface area (Å²) in [4.78, 5) is 29.4. The topological polar surface area (TPSA) is 85.3 Å². The molecular weight excluding hydrogens is 254 g/mol. The number of esters is 2. The van der Waals surface area contributed by atoms with E-state index in [9.17, 15) is 14.7 Å². The molecule has 0 radical (unpaired) electrons. The Morgan fingerprint density at radius 2 is 2.00 bits per heavy atom. The van der Waals surface area contributed by atoms with E-state index in [1.54, 1.807) is 5.06 Å². The van der Waals surface area contributed by atoms with E-state index in [0.717, 1.165) is 6.42 Å². The molecule has 0 aromatic rings. The minimum Gasteiger partial charge on any atom is -0.466 e. The summed E-state index contributed by atoms with van der Waals surface area (Å²) in [5.74, 6) is -1.31. The first-order valence-electron chi connectivity index (χ1n) is 6.31. The summed E-state index contributed by atoms with van der Waals surface area (Å²) in [6.07, 6.45) is 1.65. The summed E-state index contributed by atoms with van der Waals surface area (Å²) in [6.45, 7) is 0.680. The molecular formula is C12H19NO6. The highest BCUT2D eigenvalue weighted by Gasteiger charge is 2.59. The third-order valence-electron chi connectivity index (χ3n) is 3.86. The van der Waals surface area contributed by atoms with Gasteiger partial charge in [0.15, 0.2) is 0 Å². The van der Waals surface area contributed by atoms with Crippen LogP contribution < -0.4 is 0 Å². The van der Waals surface area contributed by atoms with Crippen LogP contribution in [0.1, 0.15) is 19.3 Å². The minimum atomic E-state index is -1.70. The van der Waals surface area contributed by atoms with Crippen molar-refractivity contribution in [2.24, 2.45) is 5.92 Å². The van der Waals surface area contributed by atoms with E-state index >= 15 is 0 Å². The monoisotopic (exact) mass is 273 g/mol. The third-order valence-corrected chi connectivity index (χ3v) is 3.86. The maximum Gasteiger partial charge on any atom is 0.352 e. The molecule has 2 rings (SSSR count). The lowest BCUT2D eigenvalue weighted by molar-refractivity contribution is -0.232. The average molecular weight is 273 g/mol. The molecule has 0 saturated carbocycles. The normalized spacial score (nSPS) is 29.6. The van der Waals surface area contributed by atoms with Gasteiger partial charge in [-0.3, -0.25) is 4.84 Å². The van der Waals surface area contributed by atoms with E-state index in [-0.39, 0.29) is 25.0 Å².